The molecule has 3 amide bonds. The number of likely N-dealkylation sites (tertiary alicyclic amines) is 1. The second-order valence-corrected chi connectivity index (χ2v) is 13.3. The summed E-state index contributed by atoms with van der Waals surface area (Å²) in [6.45, 7) is 12.8. The molecule has 1 aromatic rings. The van der Waals surface area contributed by atoms with Gasteiger partial charge >= 0.3 is 0 Å². The lowest BCUT2D eigenvalue weighted by molar-refractivity contribution is -0.154. The molecule has 0 radical (unpaired) electrons. The van der Waals surface area contributed by atoms with Gasteiger partial charge in [-0.3, -0.25) is 14.4 Å². The third-order valence-electron chi connectivity index (χ3n) is 10.1. The van der Waals surface area contributed by atoms with Gasteiger partial charge in [-0.1, -0.05) is 75.6 Å². The van der Waals surface area contributed by atoms with Crippen molar-refractivity contribution in [3.05, 3.63) is 61.2 Å². The first-order valence-corrected chi connectivity index (χ1v) is 16.2. The zero-order chi connectivity index (χ0) is 30.7. The Labute approximate surface area is 256 Å². The Bertz CT molecular complexity index is 1180. The SMILES string of the molecule is C=CCN(Cc1ccccc1)C(=O)[C@@H]1[C@@H]2CCC3(O2)C(C(=O)N(CC=C)C2CCCCC2)N([C@@H](CO)CC(C)C)C(=O)[C@H]13. The molecule has 4 fully saturated rings. The molecule has 43 heavy (non-hydrogen) atoms. The number of hydrogen-bond donors (Lipinski definition) is 1. The molecule has 2 bridgehead atoms. The molecule has 1 saturated carbocycles. The van der Waals surface area contributed by atoms with Gasteiger partial charge < -0.3 is 24.5 Å². The van der Waals surface area contributed by atoms with Crippen LogP contribution in [0, 0.1) is 17.8 Å². The number of hydrogen-bond acceptors (Lipinski definition) is 5. The van der Waals surface area contributed by atoms with Crippen LogP contribution in [-0.4, -0.2) is 87.1 Å². The smallest absolute Gasteiger partial charge is 0.248 e. The van der Waals surface area contributed by atoms with E-state index < -0.39 is 35.6 Å². The predicted molar refractivity (Wildman–Crippen MR) is 166 cm³/mol. The maximum Gasteiger partial charge on any atom is 0.248 e. The van der Waals surface area contributed by atoms with E-state index in [1.54, 1.807) is 22.0 Å². The van der Waals surface area contributed by atoms with E-state index in [0.29, 0.717) is 38.9 Å². The number of rotatable bonds is 13. The number of benzene rings is 1. The Morgan fingerprint density at radius 1 is 1.07 bits per heavy atom. The van der Waals surface area contributed by atoms with E-state index in [0.717, 1.165) is 37.7 Å². The van der Waals surface area contributed by atoms with E-state index in [1.807, 2.05) is 35.2 Å². The van der Waals surface area contributed by atoms with E-state index >= 15 is 0 Å². The fraction of sp³-hybridized carbons (Fsp3) is 0.629. The van der Waals surface area contributed by atoms with Gasteiger partial charge in [0.05, 0.1) is 30.6 Å². The first kappa shape index (κ1) is 31.5. The van der Waals surface area contributed by atoms with Gasteiger partial charge in [0.1, 0.15) is 11.6 Å². The minimum Gasteiger partial charge on any atom is -0.394 e. The Balaban J connectivity index is 1.54. The van der Waals surface area contributed by atoms with Crippen LogP contribution >= 0.6 is 0 Å². The molecule has 2 unspecified atom stereocenters. The van der Waals surface area contributed by atoms with Gasteiger partial charge in [-0.2, -0.15) is 0 Å². The second kappa shape index (κ2) is 13.3. The first-order valence-electron chi connectivity index (χ1n) is 16.2. The molecule has 8 nitrogen and oxygen atoms in total. The van der Waals surface area contributed by atoms with Gasteiger partial charge in [-0.25, -0.2) is 0 Å². The van der Waals surface area contributed by atoms with Crippen molar-refractivity contribution in [2.75, 3.05) is 19.7 Å². The molecule has 5 rings (SSSR count). The van der Waals surface area contributed by atoms with E-state index in [2.05, 4.69) is 27.0 Å². The van der Waals surface area contributed by atoms with Crippen molar-refractivity contribution in [2.24, 2.45) is 17.8 Å². The molecule has 0 aromatic heterocycles. The monoisotopic (exact) mass is 591 g/mol. The summed E-state index contributed by atoms with van der Waals surface area (Å²) in [5.74, 6) is -1.77. The van der Waals surface area contributed by atoms with Crippen LogP contribution in [-0.2, 0) is 25.7 Å². The van der Waals surface area contributed by atoms with Crippen molar-refractivity contribution < 1.29 is 24.2 Å². The predicted octanol–water partition coefficient (Wildman–Crippen LogP) is 4.33. The van der Waals surface area contributed by atoms with Crippen molar-refractivity contribution in [1.29, 1.82) is 0 Å². The average molecular weight is 592 g/mol. The lowest BCUT2D eigenvalue weighted by Gasteiger charge is -2.42. The summed E-state index contributed by atoms with van der Waals surface area (Å²) in [7, 11) is 0. The molecular weight excluding hydrogens is 542 g/mol. The molecule has 3 saturated heterocycles. The summed E-state index contributed by atoms with van der Waals surface area (Å²) >= 11 is 0. The summed E-state index contributed by atoms with van der Waals surface area (Å²) in [6, 6.07) is 8.46. The number of fused-ring (bicyclic) bond motifs is 1. The average Bonchev–Trinajstić information content (AvgIpc) is 3.66. The summed E-state index contributed by atoms with van der Waals surface area (Å²) in [5.41, 5.74) is -0.0988. The van der Waals surface area contributed by atoms with Crippen LogP contribution in [0.5, 0.6) is 0 Å². The summed E-state index contributed by atoms with van der Waals surface area (Å²) in [4.78, 5) is 49.1. The van der Waals surface area contributed by atoms with Crippen LogP contribution in [0.25, 0.3) is 0 Å². The van der Waals surface area contributed by atoms with Crippen molar-refractivity contribution in [3.8, 4) is 0 Å². The summed E-state index contributed by atoms with van der Waals surface area (Å²) in [5, 5.41) is 10.6. The summed E-state index contributed by atoms with van der Waals surface area (Å²) in [6.07, 6.45) is 9.88. The van der Waals surface area contributed by atoms with Crippen LogP contribution in [0.15, 0.2) is 55.6 Å². The van der Waals surface area contributed by atoms with E-state index in [4.69, 9.17) is 4.74 Å². The Morgan fingerprint density at radius 3 is 2.40 bits per heavy atom. The van der Waals surface area contributed by atoms with E-state index in [-0.39, 0.29) is 36.3 Å². The van der Waals surface area contributed by atoms with Gasteiger partial charge in [0.2, 0.25) is 17.7 Å². The zero-order valence-corrected chi connectivity index (χ0v) is 25.9. The van der Waals surface area contributed by atoms with Gasteiger partial charge in [0, 0.05) is 25.7 Å². The third kappa shape index (κ3) is 5.80. The lowest BCUT2D eigenvalue weighted by Crippen LogP contribution is -2.60. The lowest BCUT2D eigenvalue weighted by atomic mass is 9.70. The number of carbonyl (C=O) groups excluding carboxylic acids is 3. The molecule has 234 valence electrons. The fourth-order valence-electron chi connectivity index (χ4n) is 8.38. The fourth-order valence-corrected chi connectivity index (χ4v) is 8.38. The molecule has 1 spiro atoms. The van der Waals surface area contributed by atoms with E-state index in [9.17, 15) is 19.5 Å². The van der Waals surface area contributed by atoms with Crippen molar-refractivity contribution in [3.63, 3.8) is 0 Å². The Hall–Kier alpha value is -2.97. The Kier molecular flexibility index (Phi) is 9.76. The van der Waals surface area contributed by atoms with Crippen LogP contribution in [0.3, 0.4) is 0 Å². The molecule has 1 N–H and O–H groups in total. The molecule has 6 atom stereocenters. The minimum atomic E-state index is -1.09. The highest BCUT2D eigenvalue weighted by Crippen LogP contribution is 2.59. The van der Waals surface area contributed by atoms with Gasteiger partial charge in [-0.05, 0) is 43.6 Å². The number of amides is 3. The molecule has 1 aromatic carbocycles. The molecular formula is C35H49N3O5. The molecule has 3 heterocycles. The normalized spacial score (nSPS) is 29.0. The van der Waals surface area contributed by atoms with Crippen LogP contribution in [0.2, 0.25) is 0 Å². The van der Waals surface area contributed by atoms with Crippen molar-refractivity contribution >= 4 is 17.7 Å². The highest BCUT2D eigenvalue weighted by atomic mass is 16.5. The molecule has 3 aliphatic heterocycles. The third-order valence-corrected chi connectivity index (χ3v) is 10.1. The van der Waals surface area contributed by atoms with E-state index in [1.165, 1.54) is 0 Å². The maximum absolute atomic E-state index is 14.8. The number of nitrogens with zero attached hydrogens (tertiary/aromatic N) is 3. The number of aliphatic hydroxyl groups is 1. The molecule has 1 aliphatic carbocycles. The second-order valence-electron chi connectivity index (χ2n) is 13.3. The van der Waals surface area contributed by atoms with Gasteiger partial charge in [-0.15, -0.1) is 13.2 Å². The minimum absolute atomic E-state index is 0.0781. The first-order chi connectivity index (χ1) is 20.8. The van der Waals surface area contributed by atoms with Gasteiger partial charge in [0.15, 0.2) is 0 Å². The van der Waals surface area contributed by atoms with Crippen molar-refractivity contribution in [1.82, 2.24) is 14.7 Å². The summed E-state index contributed by atoms with van der Waals surface area (Å²) < 4.78 is 6.76. The number of ether oxygens (including phenoxy) is 1. The standard InChI is InChI=1S/C35H49N3O5/c1-5-19-36(22-25-13-9-7-10-14-25)32(40)29-28-17-18-35(43-28)30(29)33(41)38(27(23-39)21-24(3)4)31(35)34(42)37(20-6-2)26-15-11-8-12-16-26/h5-7,9-10,13-14,24,26-31,39H,1-2,8,11-12,15-23H2,3-4H3/t27-,28+,29-,30+,31?,35?/m1/s1. The molecule has 8 heteroatoms. The highest BCUT2D eigenvalue weighted by Gasteiger charge is 2.75. The largest absolute Gasteiger partial charge is 0.394 e. The molecule has 4 aliphatic rings. The van der Waals surface area contributed by atoms with Crippen molar-refractivity contribution in [2.45, 2.75) is 102 Å². The quantitative estimate of drug-likeness (QED) is 0.345. The highest BCUT2D eigenvalue weighted by molar-refractivity contribution is 5.99. The van der Waals surface area contributed by atoms with Crippen LogP contribution < -0.4 is 0 Å². The number of carbonyl (C=O) groups is 3. The maximum atomic E-state index is 14.8. The number of aliphatic hydroxyl groups excluding tert-OH is 1. The van der Waals surface area contributed by atoms with Crippen LogP contribution in [0.4, 0.5) is 0 Å². The van der Waals surface area contributed by atoms with Gasteiger partial charge in [0.25, 0.3) is 0 Å². The Morgan fingerprint density at radius 2 is 1.77 bits per heavy atom. The van der Waals surface area contributed by atoms with Crippen LogP contribution in [0.1, 0.15) is 70.8 Å². The topological polar surface area (TPSA) is 90.4 Å². The zero-order valence-electron chi connectivity index (χ0n) is 25.9.